The summed E-state index contributed by atoms with van der Waals surface area (Å²) < 4.78 is 5.28. The summed E-state index contributed by atoms with van der Waals surface area (Å²) in [6.45, 7) is 5.61. The Morgan fingerprint density at radius 3 is 2.62 bits per heavy atom. The van der Waals surface area contributed by atoms with Crippen molar-refractivity contribution in [1.82, 2.24) is 20.2 Å². The Kier molecular flexibility index (Phi) is 3.19. The molecule has 0 aliphatic carbocycles. The average Bonchev–Trinajstić information content (AvgIpc) is 2.60. The van der Waals surface area contributed by atoms with E-state index in [9.17, 15) is 0 Å². The highest BCUT2D eigenvalue weighted by Crippen LogP contribution is 2.20. The zero-order valence-electron chi connectivity index (χ0n) is 9.39. The van der Waals surface area contributed by atoms with Crippen LogP contribution in [0.4, 0.5) is 0 Å². The molecule has 5 nitrogen and oxygen atoms in total. The third kappa shape index (κ3) is 2.79. The van der Waals surface area contributed by atoms with Crippen LogP contribution in [0.15, 0.2) is 15.5 Å². The van der Waals surface area contributed by atoms with Crippen molar-refractivity contribution in [2.75, 3.05) is 0 Å². The number of hydrogen-bond acceptors (Lipinski definition) is 6. The maximum atomic E-state index is 5.28. The monoisotopic (exact) mass is 236 g/mol. The van der Waals surface area contributed by atoms with Crippen LogP contribution in [0.25, 0.3) is 0 Å². The molecule has 0 radical (unpaired) electrons. The lowest BCUT2D eigenvalue weighted by atomic mass is 10.4. The van der Waals surface area contributed by atoms with Crippen molar-refractivity contribution < 1.29 is 4.42 Å². The van der Waals surface area contributed by atoms with Crippen molar-refractivity contribution in [2.24, 2.45) is 0 Å². The minimum Gasteiger partial charge on any atom is -0.425 e. The minimum absolute atomic E-state index is 0.589. The summed E-state index contributed by atoms with van der Waals surface area (Å²) in [5, 5.41) is 8.63. The Balaban J connectivity index is 2.04. The third-order valence-electron chi connectivity index (χ3n) is 1.85. The van der Waals surface area contributed by atoms with Gasteiger partial charge in [0, 0.05) is 12.6 Å². The van der Waals surface area contributed by atoms with E-state index in [4.69, 9.17) is 4.42 Å². The second-order valence-corrected chi connectivity index (χ2v) is 4.39. The fourth-order valence-corrected chi connectivity index (χ4v) is 2.13. The number of rotatable bonds is 3. The van der Waals surface area contributed by atoms with E-state index in [1.165, 1.54) is 0 Å². The van der Waals surface area contributed by atoms with Crippen LogP contribution in [0, 0.1) is 20.8 Å². The molecule has 2 rings (SSSR count). The summed E-state index contributed by atoms with van der Waals surface area (Å²) in [5.41, 5.74) is 0.969. The predicted molar refractivity (Wildman–Crippen MR) is 60.1 cm³/mol. The van der Waals surface area contributed by atoms with Crippen molar-refractivity contribution in [3.63, 3.8) is 0 Å². The van der Waals surface area contributed by atoms with Gasteiger partial charge < -0.3 is 4.42 Å². The van der Waals surface area contributed by atoms with Gasteiger partial charge in [0.2, 0.25) is 11.8 Å². The zero-order chi connectivity index (χ0) is 11.5. The number of thioether (sulfide) groups is 1. The Morgan fingerprint density at radius 1 is 1.19 bits per heavy atom. The van der Waals surface area contributed by atoms with Crippen LogP contribution in [-0.4, -0.2) is 20.2 Å². The van der Waals surface area contributed by atoms with E-state index in [1.807, 2.05) is 19.9 Å². The lowest BCUT2D eigenvalue weighted by Crippen LogP contribution is -1.93. The molecule has 0 spiro atoms. The molecule has 0 saturated carbocycles. The van der Waals surface area contributed by atoms with Gasteiger partial charge >= 0.3 is 0 Å². The molecule has 2 heterocycles. The molecule has 6 heteroatoms. The van der Waals surface area contributed by atoms with Gasteiger partial charge in [-0.1, -0.05) is 11.8 Å². The molecule has 2 aromatic rings. The van der Waals surface area contributed by atoms with Gasteiger partial charge in [-0.3, -0.25) is 0 Å². The van der Waals surface area contributed by atoms with Gasteiger partial charge in [0.15, 0.2) is 0 Å². The predicted octanol–water partition coefficient (Wildman–Crippen LogP) is 2.08. The molecule has 0 fully saturated rings. The van der Waals surface area contributed by atoms with Gasteiger partial charge in [-0.15, -0.1) is 10.2 Å². The lowest BCUT2D eigenvalue weighted by Gasteiger charge is -2.00. The summed E-state index contributed by atoms with van der Waals surface area (Å²) in [4.78, 5) is 8.54. The summed E-state index contributed by atoms with van der Waals surface area (Å²) >= 11 is 1.57. The SMILES string of the molecule is Cc1cc(SCc2nnc(C)o2)nc(C)n1. The van der Waals surface area contributed by atoms with Crippen molar-refractivity contribution in [1.29, 1.82) is 0 Å². The molecule has 2 aromatic heterocycles. The van der Waals surface area contributed by atoms with E-state index in [0.29, 0.717) is 17.5 Å². The van der Waals surface area contributed by atoms with E-state index in [0.717, 1.165) is 16.5 Å². The van der Waals surface area contributed by atoms with Gasteiger partial charge in [-0.2, -0.15) is 0 Å². The molecule has 0 aliphatic heterocycles. The number of nitrogens with zero attached hydrogens (tertiary/aromatic N) is 4. The average molecular weight is 236 g/mol. The number of hydrogen-bond donors (Lipinski definition) is 0. The van der Waals surface area contributed by atoms with Crippen LogP contribution in [-0.2, 0) is 5.75 Å². The highest BCUT2D eigenvalue weighted by Gasteiger charge is 2.05. The summed E-state index contributed by atoms with van der Waals surface area (Å²) in [6, 6.07) is 1.95. The minimum atomic E-state index is 0.589. The van der Waals surface area contributed by atoms with E-state index >= 15 is 0 Å². The van der Waals surface area contributed by atoms with Crippen LogP contribution in [0.5, 0.6) is 0 Å². The van der Waals surface area contributed by atoms with Gasteiger partial charge in [-0.05, 0) is 19.9 Å². The molecule has 0 atom stereocenters. The van der Waals surface area contributed by atoms with Crippen molar-refractivity contribution in [3.8, 4) is 0 Å². The first kappa shape index (κ1) is 11.1. The second kappa shape index (κ2) is 4.61. The maximum Gasteiger partial charge on any atom is 0.226 e. The highest BCUT2D eigenvalue weighted by atomic mass is 32.2. The van der Waals surface area contributed by atoms with Crippen LogP contribution in [0.1, 0.15) is 23.3 Å². The topological polar surface area (TPSA) is 64.7 Å². The molecule has 0 aliphatic rings. The Labute approximate surface area is 97.7 Å². The molecule has 0 N–H and O–H groups in total. The largest absolute Gasteiger partial charge is 0.425 e. The molecule has 0 unspecified atom stereocenters. The number of aromatic nitrogens is 4. The molecule has 0 aromatic carbocycles. The van der Waals surface area contributed by atoms with Crippen molar-refractivity contribution in [3.05, 3.63) is 29.4 Å². The summed E-state index contributed by atoms with van der Waals surface area (Å²) in [5.74, 6) is 2.63. The summed E-state index contributed by atoms with van der Waals surface area (Å²) in [6.07, 6.45) is 0. The molecular formula is C10H12N4OS. The molecule has 16 heavy (non-hydrogen) atoms. The Hall–Kier alpha value is -1.43. The quantitative estimate of drug-likeness (QED) is 0.600. The Morgan fingerprint density at radius 2 is 2.00 bits per heavy atom. The molecule has 84 valence electrons. The highest BCUT2D eigenvalue weighted by molar-refractivity contribution is 7.98. The first-order valence-corrected chi connectivity index (χ1v) is 5.86. The van der Waals surface area contributed by atoms with E-state index < -0.39 is 0 Å². The lowest BCUT2D eigenvalue weighted by molar-refractivity contribution is 0.485. The second-order valence-electron chi connectivity index (χ2n) is 3.40. The van der Waals surface area contributed by atoms with Gasteiger partial charge in [0.1, 0.15) is 10.9 Å². The number of aryl methyl sites for hydroxylation is 3. The summed E-state index contributed by atoms with van der Waals surface area (Å²) in [7, 11) is 0. The standard InChI is InChI=1S/C10H12N4OS/c1-6-4-10(12-7(2)11-6)16-5-9-14-13-8(3)15-9/h4H,5H2,1-3H3. The van der Waals surface area contributed by atoms with Gasteiger partial charge in [0.25, 0.3) is 0 Å². The Bertz CT molecular complexity index is 477. The van der Waals surface area contributed by atoms with Crippen molar-refractivity contribution in [2.45, 2.75) is 31.6 Å². The fraction of sp³-hybridized carbons (Fsp3) is 0.400. The van der Waals surface area contributed by atoms with Crippen LogP contribution in [0.2, 0.25) is 0 Å². The zero-order valence-corrected chi connectivity index (χ0v) is 10.2. The molecule has 0 saturated heterocycles. The van der Waals surface area contributed by atoms with E-state index in [1.54, 1.807) is 18.7 Å². The van der Waals surface area contributed by atoms with Crippen LogP contribution < -0.4 is 0 Å². The van der Waals surface area contributed by atoms with Crippen molar-refractivity contribution >= 4 is 11.8 Å². The first-order chi connectivity index (χ1) is 7.63. The van der Waals surface area contributed by atoms with Gasteiger partial charge in [-0.25, -0.2) is 9.97 Å². The van der Waals surface area contributed by atoms with E-state index in [-0.39, 0.29) is 0 Å². The third-order valence-corrected chi connectivity index (χ3v) is 2.75. The maximum absolute atomic E-state index is 5.28. The first-order valence-electron chi connectivity index (χ1n) is 4.87. The molecular weight excluding hydrogens is 224 g/mol. The van der Waals surface area contributed by atoms with E-state index in [2.05, 4.69) is 20.2 Å². The fourth-order valence-electron chi connectivity index (χ4n) is 1.29. The smallest absolute Gasteiger partial charge is 0.226 e. The molecule has 0 bridgehead atoms. The van der Waals surface area contributed by atoms with Crippen LogP contribution >= 0.6 is 11.8 Å². The molecule has 0 amide bonds. The van der Waals surface area contributed by atoms with Gasteiger partial charge in [0.05, 0.1) is 5.75 Å². The van der Waals surface area contributed by atoms with Crippen LogP contribution in [0.3, 0.4) is 0 Å². The normalized spacial score (nSPS) is 10.7.